The quantitative estimate of drug-likeness (QED) is 0.905. The topological polar surface area (TPSA) is 29.5 Å². The number of hydrogen-bond donors (Lipinski definition) is 1. The Kier molecular flexibility index (Phi) is 4.86. The van der Waals surface area contributed by atoms with Gasteiger partial charge >= 0.3 is 0 Å². The highest BCUT2D eigenvalue weighted by atomic mass is 35.5. The van der Waals surface area contributed by atoms with Crippen LogP contribution in [0.4, 0.5) is 4.39 Å². The van der Waals surface area contributed by atoms with Gasteiger partial charge in [-0.3, -0.25) is 0 Å². The fraction of sp³-hybridized carbons (Fsp3) is 0.200. The molecule has 0 saturated carbocycles. The zero-order valence-electron chi connectivity index (χ0n) is 10.7. The van der Waals surface area contributed by atoms with E-state index in [-0.39, 0.29) is 12.2 Å². The van der Waals surface area contributed by atoms with Gasteiger partial charge in [-0.15, -0.1) is 0 Å². The first kappa shape index (κ1) is 15.1. The third kappa shape index (κ3) is 3.23. The molecular formula is C15H13Cl2FO2. The number of rotatable bonds is 4. The maximum atomic E-state index is 13.6. The van der Waals surface area contributed by atoms with E-state index in [1.54, 1.807) is 18.2 Å². The highest BCUT2D eigenvalue weighted by Crippen LogP contribution is 2.35. The maximum absolute atomic E-state index is 13.6. The SMILES string of the molecule is COc1cc(Cl)c(C(O)Cc2ccccc2F)cc1Cl. The maximum Gasteiger partial charge on any atom is 0.138 e. The molecule has 0 aliphatic rings. The minimum Gasteiger partial charge on any atom is -0.495 e. The molecule has 0 saturated heterocycles. The lowest BCUT2D eigenvalue weighted by molar-refractivity contribution is 0.177. The van der Waals surface area contributed by atoms with Crippen molar-refractivity contribution < 1.29 is 14.2 Å². The van der Waals surface area contributed by atoms with Crippen LogP contribution in [-0.4, -0.2) is 12.2 Å². The average molecular weight is 315 g/mol. The molecule has 0 amide bonds. The van der Waals surface area contributed by atoms with E-state index < -0.39 is 6.10 Å². The smallest absolute Gasteiger partial charge is 0.138 e. The van der Waals surface area contributed by atoms with Crippen LogP contribution in [0.3, 0.4) is 0 Å². The Hall–Kier alpha value is -1.29. The van der Waals surface area contributed by atoms with Crippen LogP contribution in [0.15, 0.2) is 36.4 Å². The molecule has 0 radical (unpaired) electrons. The number of ether oxygens (including phenoxy) is 1. The number of aliphatic hydroxyl groups excluding tert-OH is 1. The highest BCUT2D eigenvalue weighted by molar-refractivity contribution is 6.34. The van der Waals surface area contributed by atoms with Gasteiger partial charge < -0.3 is 9.84 Å². The molecule has 0 heterocycles. The molecule has 1 N–H and O–H groups in total. The molecule has 2 aromatic carbocycles. The van der Waals surface area contributed by atoms with Gasteiger partial charge in [0.2, 0.25) is 0 Å². The number of aliphatic hydroxyl groups is 1. The first-order valence-electron chi connectivity index (χ1n) is 5.97. The number of halogens is 3. The van der Waals surface area contributed by atoms with E-state index in [0.29, 0.717) is 26.9 Å². The summed E-state index contributed by atoms with van der Waals surface area (Å²) >= 11 is 12.1. The van der Waals surface area contributed by atoms with Crippen LogP contribution in [-0.2, 0) is 6.42 Å². The fourth-order valence-electron chi connectivity index (χ4n) is 1.94. The third-order valence-electron chi connectivity index (χ3n) is 3.00. The summed E-state index contributed by atoms with van der Waals surface area (Å²) < 4.78 is 18.6. The van der Waals surface area contributed by atoms with Crippen molar-refractivity contribution in [2.24, 2.45) is 0 Å². The molecule has 0 aromatic heterocycles. The Morgan fingerprint density at radius 2 is 1.90 bits per heavy atom. The molecule has 0 spiro atoms. The van der Waals surface area contributed by atoms with Crippen LogP contribution < -0.4 is 4.74 Å². The second-order valence-corrected chi connectivity index (χ2v) is 5.13. The largest absolute Gasteiger partial charge is 0.495 e. The van der Waals surface area contributed by atoms with Crippen molar-refractivity contribution in [1.29, 1.82) is 0 Å². The molecule has 20 heavy (non-hydrogen) atoms. The summed E-state index contributed by atoms with van der Waals surface area (Å²) in [7, 11) is 1.48. The van der Waals surface area contributed by atoms with Crippen molar-refractivity contribution in [3.63, 3.8) is 0 Å². The molecule has 0 aliphatic carbocycles. The number of methoxy groups -OCH3 is 1. The predicted molar refractivity (Wildman–Crippen MR) is 78.1 cm³/mol. The van der Waals surface area contributed by atoms with E-state index >= 15 is 0 Å². The minimum absolute atomic E-state index is 0.120. The lowest BCUT2D eigenvalue weighted by atomic mass is 10.0. The van der Waals surface area contributed by atoms with Crippen molar-refractivity contribution in [3.8, 4) is 5.75 Å². The zero-order valence-corrected chi connectivity index (χ0v) is 12.2. The second-order valence-electron chi connectivity index (χ2n) is 4.32. The van der Waals surface area contributed by atoms with Crippen LogP contribution in [0, 0.1) is 5.82 Å². The Morgan fingerprint density at radius 1 is 1.20 bits per heavy atom. The Labute approximate surface area is 126 Å². The normalized spacial score (nSPS) is 12.2. The van der Waals surface area contributed by atoms with Crippen molar-refractivity contribution >= 4 is 23.2 Å². The standard InChI is InChI=1S/C15H13Cl2FO2/c1-20-15-8-11(16)10(7-12(15)17)14(19)6-9-4-2-3-5-13(9)18/h2-5,7-8,14,19H,6H2,1H3. The highest BCUT2D eigenvalue weighted by Gasteiger charge is 2.17. The second kappa shape index (κ2) is 6.44. The van der Waals surface area contributed by atoms with Crippen LogP contribution in [0.2, 0.25) is 10.0 Å². The van der Waals surface area contributed by atoms with E-state index in [1.807, 2.05) is 0 Å². The summed E-state index contributed by atoms with van der Waals surface area (Å²) in [6, 6.07) is 9.36. The van der Waals surface area contributed by atoms with Crippen LogP contribution in [0.1, 0.15) is 17.2 Å². The van der Waals surface area contributed by atoms with Gasteiger partial charge in [0.05, 0.1) is 23.3 Å². The lowest BCUT2D eigenvalue weighted by Gasteiger charge is -2.15. The molecular weight excluding hydrogens is 302 g/mol. The van der Waals surface area contributed by atoms with Crippen molar-refractivity contribution in [1.82, 2.24) is 0 Å². The van der Waals surface area contributed by atoms with Crippen molar-refractivity contribution in [3.05, 3.63) is 63.4 Å². The average Bonchev–Trinajstić information content (AvgIpc) is 2.43. The summed E-state index contributed by atoms with van der Waals surface area (Å²) in [5, 5.41) is 10.9. The number of hydrogen-bond acceptors (Lipinski definition) is 2. The lowest BCUT2D eigenvalue weighted by Crippen LogP contribution is -2.04. The molecule has 5 heteroatoms. The molecule has 0 aliphatic heterocycles. The van der Waals surface area contributed by atoms with E-state index in [9.17, 15) is 9.50 Å². The van der Waals surface area contributed by atoms with Crippen LogP contribution in [0.25, 0.3) is 0 Å². The molecule has 1 unspecified atom stereocenters. The molecule has 1 atom stereocenters. The Balaban J connectivity index is 2.28. The van der Waals surface area contributed by atoms with Gasteiger partial charge in [-0.2, -0.15) is 0 Å². The van der Waals surface area contributed by atoms with E-state index in [0.717, 1.165) is 0 Å². The molecule has 0 fully saturated rings. The van der Waals surface area contributed by atoms with Crippen molar-refractivity contribution in [2.45, 2.75) is 12.5 Å². The molecule has 106 valence electrons. The molecule has 2 nitrogen and oxygen atoms in total. The summed E-state index contributed by atoms with van der Waals surface area (Å²) in [5.74, 6) is 0.0702. The molecule has 2 aromatic rings. The van der Waals surface area contributed by atoms with E-state index in [4.69, 9.17) is 27.9 Å². The molecule has 2 rings (SSSR count). The van der Waals surface area contributed by atoms with Gasteiger partial charge in [0.15, 0.2) is 0 Å². The van der Waals surface area contributed by atoms with Gasteiger partial charge in [0.1, 0.15) is 11.6 Å². The fourth-order valence-corrected chi connectivity index (χ4v) is 2.47. The van der Waals surface area contributed by atoms with Crippen LogP contribution >= 0.6 is 23.2 Å². The predicted octanol–water partition coefficient (Wildman–Crippen LogP) is 4.42. The summed E-state index contributed by atoms with van der Waals surface area (Å²) in [6.45, 7) is 0. The Bertz CT molecular complexity index is 617. The first-order chi connectivity index (χ1) is 9.52. The van der Waals surface area contributed by atoms with Crippen LogP contribution in [0.5, 0.6) is 5.75 Å². The van der Waals surface area contributed by atoms with Gasteiger partial charge in [0, 0.05) is 18.1 Å². The van der Waals surface area contributed by atoms with Gasteiger partial charge in [-0.05, 0) is 17.7 Å². The van der Waals surface area contributed by atoms with Gasteiger partial charge in [0.25, 0.3) is 0 Å². The van der Waals surface area contributed by atoms with E-state index in [2.05, 4.69) is 0 Å². The van der Waals surface area contributed by atoms with E-state index in [1.165, 1.54) is 25.3 Å². The third-order valence-corrected chi connectivity index (χ3v) is 3.62. The zero-order chi connectivity index (χ0) is 14.7. The minimum atomic E-state index is -0.942. The van der Waals surface area contributed by atoms with Gasteiger partial charge in [-0.1, -0.05) is 41.4 Å². The summed E-state index contributed by atoms with van der Waals surface area (Å²) in [4.78, 5) is 0. The number of benzene rings is 2. The molecule has 0 bridgehead atoms. The monoisotopic (exact) mass is 314 g/mol. The first-order valence-corrected chi connectivity index (χ1v) is 6.73. The van der Waals surface area contributed by atoms with Crippen molar-refractivity contribution in [2.75, 3.05) is 7.11 Å². The summed E-state index contributed by atoms with van der Waals surface area (Å²) in [6.07, 6.45) is -0.822. The summed E-state index contributed by atoms with van der Waals surface area (Å²) in [5.41, 5.74) is 0.865. The Morgan fingerprint density at radius 3 is 2.55 bits per heavy atom. The van der Waals surface area contributed by atoms with Gasteiger partial charge in [-0.25, -0.2) is 4.39 Å².